The van der Waals surface area contributed by atoms with E-state index < -0.39 is 24.6 Å². The van der Waals surface area contributed by atoms with Crippen LogP contribution in [0.3, 0.4) is 0 Å². The molecule has 0 unspecified atom stereocenters. The van der Waals surface area contributed by atoms with E-state index in [1.54, 1.807) is 37.6 Å². The molecule has 0 aliphatic heterocycles. The number of aromatic nitrogens is 2. The second-order valence-corrected chi connectivity index (χ2v) is 5.68. The number of halogens is 1. The molecule has 2 amide bonds. The van der Waals surface area contributed by atoms with Gasteiger partial charge in [-0.1, -0.05) is 0 Å². The maximum Gasteiger partial charge on any atom is 0.413 e. The van der Waals surface area contributed by atoms with Crippen LogP contribution in [-0.4, -0.2) is 41.0 Å². The van der Waals surface area contributed by atoms with E-state index in [1.165, 1.54) is 18.2 Å². The Kier molecular flexibility index (Phi) is 7.02. The summed E-state index contributed by atoms with van der Waals surface area (Å²) < 4.78 is 24.0. The maximum absolute atomic E-state index is 13.1. The molecule has 148 valence electrons. The number of benzene rings is 1. The van der Waals surface area contributed by atoms with Crippen molar-refractivity contribution in [3.05, 3.63) is 53.1 Å². The van der Waals surface area contributed by atoms with Crippen LogP contribution in [0.1, 0.15) is 23.9 Å². The Bertz CT molecular complexity index is 903. The van der Waals surface area contributed by atoms with Gasteiger partial charge in [-0.05, 0) is 51.1 Å². The van der Waals surface area contributed by atoms with E-state index in [-0.39, 0.29) is 12.4 Å². The molecule has 8 nitrogen and oxygen atoms in total. The van der Waals surface area contributed by atoms with E-state index in [2.05, 4.69) is 9.84 Å². The lowest BCUT2D eigenvalue weighted by molar-refractivity contribution is -0.143. The molecule has 0 bridgehead atoms. The van der Waals surface area contributed by atoms with Gasteiger partial charge in [-0.3, -0.25) is 10.1 Å². The van der Waals surface area contributed by atoms with Gasteiger partial charge in [0.25, 0.3) is 5.91 Å². The molecule has 2 rings (SSSR count). The normalized spacial score (nSPS) is 10.7. The Morgan fingerprint density at radius 2 is 1.86 bits per heavy atom. The van der Waals surface area contributed by atoms with E-state index in [4.69, 9.17) is 4.74 Å². The lowest BCUT2D eigenvalue weighted by Gasteiger charge is -2.04. The number of ether oxygens (including phenoxy) is 2. The van der Waals surface area contributed by atoms with Crippen molar-refractivity contribution in [2.24, 2.45) is 0 Å². The van der Waals surface area contributed by atoms with Gasteiger partial charge in [0.1, 0.15) is 5.82 Å². The maximum atomic E-state index is 13.1. The molecule has 0 spiro atoms. The molecular weight excluding hydrogens is 369 g/mol. The van der Waals surface area contributed by atoms with Crippen LogP contribution in [0.2, 0.25) is 0 Å². The summed E-state index contributed by atoms with van der Waals surface area (Å²) in [5.74, 6) is -1.90. The first kappa shape index (κ1) is 20.8. The van der Waals surface area contributed by atoms with E-state index in [9.17, 15) is 18.8 Å². The summed E-state index contributed by atoms with van der Waals surface area (Å²) in [6.07, 6.45) is 1.77. The van der Waals surface area contributed by atoms with Crippen molar-refractivity contribution in [1.82, 2.24) is 15.1 Å². The third-order valence-corrected chi connectivity index (χ3v) is 3.67. The lowest BCUT2D eigenvalue weighted by atomic mass is 10.2. The Labute approximate surface area is 160 Å². The second kappa shape index (κ2) is 9.45. The van der Waals surface area contributed by atoms with Gasteiger partial charge in [0, 0.05) is 17.3 Å². The fraction of sp³-hybridized carbons (Fsp3) is 0.263. The minimum absolute atomic E-state index is 0.117. The summed E-state index contributed by atoms with van der Waals surface area (Å²) in [5, 5.41) is 6.30. The number of aryl methyl sites for hydroxylation is 1. The van der Waals surface area contributed by atoms with Crippen molar-refractivity contribution in [2.75, 3.05) is 13.2 Å². The topological polar surface area (TPSA) is 99.5 Å². The summed E-state index contributed by atoms with van der Waals surface area (Å²) in [5.41, 5.74) is 2.77. The van der Waals surface area contributed by atoms with Crippen LogP contribution in [0.5, 0.6) is 0 Å². The molecule has 1 aromatic carbocycles. The summed E-state index contributed by atoms with van der Waals surface area (Å²) in [7, 11) is 0. The zero-order valence-electron chi connectivity index (χ0n) is 15.7. The lowest BCUT2D eigenvalue weighted by Crippen LogP contribution is -2.34. The fourth-order valence-corrected chi connectivity index (χ4v) is 2.38. The Hall–Kier alpha value is -3.49. The average molecular weight is 389 g/mol. The zero-order valence-corrected chi connectivity index (χ0v) is 15.7. The number of rotatable bonds is 6. The molecule has 0 aliphatic rings. The van der Waals surface area contributed by atoms with Crippen LogP contribution in [0, 0.1) is 19.7 Å². The van der Waals surface area contributed by atoms with Gasteiger partial charge in [0.2, 0.25) is 0 Å². The standard InChI is InChI=1S/C19H20FN3O5/c1-4-27-19(26)21-17(24)11-28-18(25)10-9-16-12(2)22-23(13(16)3)15-7-5-14(20)6-8-15/h5-10H,4,11H2,1-3H3,(H,21,24,26)/b10-9+. The van der Waals surface area contributed by atoms with Gasteiger partial charge < -0.3 is 9.47 Å². The van der Waals surface area contributed by atoms with Crippen LogP contribution >= 0.6 is 0 Å². The number of hydrogen-bond acceptors (Lipinski definition) is 6. The molecule has 0 saturated carbocycles. The molecule has 0 aliphatic carbocycles. The first-order valence-corrected chi connectivity index (χ1v) is 8.45. The fourth-order valence-electron chi connectivity index (χ4n) is 2.38. The highest BCUT2D eigenvalue weighted by Gasteiger charge is 2.13. The number of esters is 1. The molecule has 28 heavy (non-hydrogen) atoms. The first-order valence-electron chi connectivity index (χ1n) is 8.45. The molecule has 1 aromatic heterocycles. The van der Waals surface area contributed by atoms with Crippen LogP contribution in [0.15, 0.2) is 30.3 Å². The van der Waals surface area contributed by atoms with E-state index in [1.807, 2.05) is 5.32 Å². The highest BCUT2D eigenvalue weighted by Crippen LogP contribution is 2.19. The number of alkyl carbamates (subject to hydrolysis) is 1. The highest BCUT2D eigenvalue weighted by atomic mass is 19.1. The third-order valence-electron chi connectivity index (χ3n) is 3.67. The van der Waals surface area contributed by atoms with Crippen molar-refractivity contribution in [1.29, 1.82) is 0 Å². The zero-order chi connectivity index (χ0) is 20.7. The van der Waals surface area contributed by atoms with Gasteiger partial charge in [-0.15, -0.1) is 0 Å². The van der Waals surface area contributed by atoms with Crippen LogP contribution in [-0.2, 0) is 19.1 Å². The smallest absolute Gasteiger partial charge is 0.413 e. The van der Waals surface area contributed by atoms with Gasteiger partial charge in [-0.25, -0.2) is 18.7 Å². The monoisotopic (exact) mass is 389 g/mol. The number of nitrogens with one attached hydrogen (secondary N) is 1. The van der Waals surface area contributed by atoms with E-state index in [0.717, 1.165) is 11.8 Å². The second-order valence-electron chi connectivity index (χ2n) is 5.68. The number of hydrogen-bond donors (Lipinski definition) is 1. The van der Waals surface area contributed by atoms with Crippen molar-refractivity contribution in [3.8, 4) is 5.69 Å². The highest BCUT2D eigenvalue weighted by molar-refractivity contribution is 5.94. The number of nitrogens with zero attached hydrogens (tertiary/aromatic N) is 2. The number of imide groups is 1. The largest absolute Gasteiger partial charge is 0.452 e. The van der Waals surface area contributed by atoms with Crippen LogP contribution in [0.25, 0.3) is 11.8 Å². The molecule has 0 radical (unpaired) electrons. The summed E-state index contributed by atoms with van der Waals surface area (Å²) in [6.45, 7) is 4.67. The van der Waals surface area contributed by atoms with Gasteiger partial charge in [-0.2, -0.15) is 5.10 Å². The quantitative estimate of drug-likeness (QED) is 0.602. The van der Waals surface area contributed by atoms with Crippen molar-refractivity contribution in [3.63, 3.8) is 0 Å². The van der Waals surface area contributed by atoms with Crippen molar-refractivity contribution < 1.29 is 28.2 Å². The summed E-state index contributed by atoms with van der Waals surface area (Å²) in [4.78, 5) is 34.3. The average Bonchev–Trinajstić information content (AvgIpc) is 2.93. The number of carbonyl (C=O) groups excluding carboxylic acids is 3. The number of amides is 2. The minimum atomic E-state index is -0.904. The molecular formula is C19H20FN3O5. The molecule has 2 aromatic rings. The number of carbonyl (C=O) groups is 3. The molecule has 9 heteroatoms. The van der Waals surface area contributed by atoms with Gasteiger partial charge in [0.05, 0.1) is 18.0 Å². The summed E-state index contributed by atoms with van der Waals surface area (Å²) in [6, 6.07) is 5.86. The van der Waals surface area contributed by atoms with E-state index >= 15 is 0 Å². The minimum Gasteiger partial charge on any atom is -0.452 e. The third kappa shape index (κ3) is 5.50. The molecule has 0 saturated heterocycles. The van der Waals surface area contributed by atoms with Crippen LogP contribution < -0.4 is 5.32 Å². The summed E-state index contributed by atoms with van der Waals surface area (Å²) >= 11 is 0. The predicted octanol–water partition coefficient (Wildman–Crippen LogP) is 2.46. The SMILES string of the molecule is CCOC(=O)NC(=O)COC(=O)/C=C/c1c(C)nn(-c2ccc(F)cc2)c1C. The molecule has 1 heterocycles. The Morgan fingerprint density at radius 1 is 1.18 bits per heavy atom. The Balaban J connectivity index is 2.00. The predicted molar refractivity (Wildman–Crippen MR) is 98.2 cm³/mol. The van der Waals surface area contributed by atoms with E-state index in [0.29, 0.717) is 16.9 Å². The first-order chi connectivity index (χ1) is 13.3. The van der Waals surface area contributed by atoms with Crippen LogP contribution in [0.4, 0.5) is 9.18 Å². The van der Waals surface area contributed by atoms with Crippen molar-refractivity contribution in [2.45, 2.75) is 20.8 Å². The van der Waals surface area contributed by atoms with Gasteiger partial charge >= 0.3 is 12.1 Å². The molecule has 0 fully saturated rings. The Morgan fingerprint density at radius 3 is 2.50 bits per heavy atom. The van der Waals surface area contributed by atoms with Crippen molar-refractivity contribution >= 4 is 24.0 Å². The van der Waals surface area contributed by atoms with Gasteiger partial charge in [0.15, 0.2) is 6.61 Å². The molecule has 1 N–H and O–H groups in total. The molecule has 0 atom stereocenters.